The van der Waals surface area contributed by atoms with E-state index in [-0.39, 0.29) is 12.0 Å². The lowest BCUT2D eigenvalue weighted by atomic mass is 10.2. The molecule has 16 heavy (non-hydrogen) atoms. The van der Waals surface area contributed by atoms with Gasteiger partial charge in [-0.15, -0.1) is 0 Å². The fourth-order valence-electron chi connectivity index (χ4n) is 1.29. The van der Waals surface area contributed by atoms with Crippen LogP contribution in [0.15, 0.2) is 28.7 Å². The Balaban J connectivity index is 2.41. The number of rotatable bonds is 5. The van der Waals surface area contributed by atoms with Crippen molar-refractivity contribution >= 4 is 21.8 Å². The van der Waals surface area contributed by atoms with Crippen LogP contribution in [-0.4, -0.2) is 23.7 Å². The Labute approximate surface area is 104 Å². The van der Waals surface area contributed by atoms with Crippen molar-refractivity contribution in [2.24, 2.45) is 0 Å². The van der Waals surface area contributed by atoms with Gasteiger partial charge in [0.1, 0.15) is 0 Å². The molecule has 0 aliphatic rings. The van der Waals surface area contributed by atoms with Gasteiger partial charge in [0.2, 0.25) is 0 Å². The summed E-state index contributed by atoms with van der Waals surface area (Å²) < 4.78 is 0.883. The van der Waals surface area contributed by atoms with Crippen molar-refractivity contribution in [3.8, 4) is 0 Å². The van der Waals surface area contributed by atoms with Crippen LogP contribution in [0.25, 0.3) is 0 Å². The van der Waals surface area contributed by atoms with E-state index < -0.39 is 0 Å². The highest BCUT2D eigenvalue weighted by Crippen LogP contribution is 2.11. The maximum absolute atomic E-state index is 11.7. The number of benzene rings is 1. The van der Waals surface area contributed by atoms with Gasteiger partial charge in [0.05, 0.1) is 6.10 Å². The van der Waals surface area contributed by atoms with Crippen LogP contribution < -0.4 is 5.32 Å². The molecule has 0 spiro atoms. The van der Waals surface area contributed by atoms with Crippen LogP contribution in [0.3, 0.4) is 0 Å². The van der Waals surface area contributed by atoms with Gasteiger partial charge in [0.15, 0.2) is 0 Å². The second kappa shape index (κ2) is 6.66. The minimum Gasteiger partial charge on any atom is -0.393 e. The third-order valence-electron chi connectivity index (χ3n) is 2.32. The molecule has 0 bridgehead atoms. The van der Waals surface area contributed by atoms with E-state index in [1.54, 1.807) is 12.1 Å². The molecule has 1 unspecified atom stereocenters. The molecule has 0 saturated heterocycles. The average molecular weight is 286 g/mol. The molecular formula is C12H16BrNO2. The number of aliphatic hydroxyl groups is 1. The summed E-state index contributed by atoms with van der Waals surface area (Å²) in [6.45, 7) is 2.42. The minimum absolute atomic E-state index is 0.107. The predicted octanol–water partition coefficient (Wildman–Crippen LogP) is 2.34. The lowest BCUT2D eigenvalue weighted by molar-refractivity contribution is 0.0942. The first-order valence-corrected chi connectivity index (χ1v) is 6.14. The molecule has 0 saturated carbocycles. The second-order valence-corrected chi connectivity index (χ2v) is 4.53. The largest absolute Gasteiger partial charge is 0.393 e. The van der Waals surface area contributed by atoms with E-state index in [0.717, 1.165) is 4.47 Å². The number of amides is 1. The van der Waals surface area contributed by atoms with Crippen LogP contribution >= 0.6 is 15.9 Å². The SMILES string of the molecule is CCC(O)CCNC(=O)c1cccc(Br)c1. The summed E-state index contributed by atoms with van der Waals surface area (Å²) in [6, 6.07) is 7.22. The van der Waals surface area contributed by atoms with Gasteiger partial charge in [-0.1, -0.05) is 28.9 Å². The number of carbonyl (C=O) groups excluding carboxylic acids is 1. The van der Waals surface area contributed by atoms with E-state index in [9.17, 15) is 9.90 Å². The van der Waals surface area contributed by atoms with Crippen LogP contribution in [0.4, 0.5) is 0 Å². The van der Waals surface area contributed by atoms with E-state index in [1.165, 1.54) is 0 Å². The Morgan fingerprint density at radius 1 is 1.56 bits per heavy atom. The Morgan fingerprint density at radius 3 is 2.94 bits per heavy atom. The van der Waals surface area contributed by atoms with Crippen LogP contribution in [0.1, 0.15) is 30.1 Å². The normalized spacial score (nSPS) is 12.2. The highest BCUT2D eigenvalue weighted by molar-refractivity contribution is 9.10. The third kappa shape index (κ3) is 4.33. The minimum atomic E-state index is -0.331. The molecule has 0 aliphatic heterocycles. The maximum Gasteiger partial charge on any atom is 0.251 e. The summed E-state index contributed by atoms with van der Waals surface area (Å²) in [6.07, 6.45) is 0.978. The van der Waals surface area contributed by atoms with Crippen molar-refractivity contribution in [3.05, 3.63) is 34.3 Å². The molecule has 88 valence electrons. The maximum atomic E-state index is 11.7. The van der Waals surface area contributed by atoms with E-state index in [1.807, 2.05) is 19.1 Å². The standard InChI is InChI=1S/C12H16BrNO2/c1-2-11(15)6-7-14-12(16)9-4-3-5-10(13)8-9/h3-5,8,11,15H,2,6-7H2,1H3,(H,14,16). The van der Waals surface area contributed by atoms with Gasteiger partial charge in [-0.3, -0.25) is 4.79 Å². The molecule has 3 nitrogen and oxygen atoms in total. The van der Waals surface area contributed by atoms with Crippen LogP contribution in [0.2, 0.25) is 0 Å². The Bertz CT molecular complexity index is 355. The van der Waals surface area contributed by atoms with Crippen LogP contribution in [0.5, 0.6) is 0 Å². The molecule has 0 aliphatic carbocycles. The van der Waals surface area contributed by atoms with Crippen molar-refractivity contribution in [2.75, 3.05) is 6.54 Å². The van der Waals surface area contributed by atoms with Crippen molar-refractivity contribution in [1.29, 1.82) is 0 Å². The van der Waals surface area contributed by atoms with Gasteiger partial charge in [-0.2, -0.15) is 0 Å². The Hall–Kier alpha value is -0.870. The molecule has 2 N–H and O–H groups in total. The first-order chi connectivity index (χ1) is 7.63. The topological polar surface area (TPSA) is 49.3 Å². The zero-order valence-electron chi connectivity index (χ0n) is 9.24. The van der Waals surface area contributed by atoms with Gasteiger partial charge in [-0.25, -0.2) is 0 Å². The monoisotopic (exact) mass is 285 g/mol. The van der Waals surface area contributed by atoms with E-state index in [2.05, 4.69) is 21.2 Å². The smallest absolute Gasteiger partial charge is 0.251 e. The molecule has 1 rings (SSSR count). The molecular weight excluding hydrogens is 270 g/mol. The summed E-state index contributed by atoms with van der Waals surface area (Å²) in [5, 5.41) is 12.1. The molecule has 0 aromatic heterocycles. The number of hydrogen-bond donors (Lipinski definition) is 2. The molecule has 1 atom stereocenters. The van der Waals surface area contributed by atoms with Gasteiger partial charge < -0.3 is 10.4 Å². The van der Waals surface area contributed by atoms with E-state index in [4.69, 9.17) is 0 Å². The van der Waals surface area contributed by atoms with Crippen LogP contribution in [-0.2, 0) is 0 Å². The number of aliphatic hydroxyl groups excluding tert-OH is 1. The lowest BCUT2D eigenvalue weighted by Crippen LogP contribution is -2.26. The summed E-state index contributed by atoms with van der Waals surface area (Å²) in [5.74, 6) is -0.107. The molecule has 0 radical (unpaired) electrons. The summed E-state index contributed by atoms with van der Waals surface area (Å²) in [7, 11) is 0. The zero-order chi connectivity index (χ0) is 12.0. The van der Waals surface area contributed by atoms with E-state index in [0.29, 0.717) is 24.9 Å². The Kier molecular flexibility index (Phi) is 5.49. The molecule has 0 heterocycles. The van der Waals surface area contributed by atoms with Gasteiger partial charge in [-0.05, 0) is 31.0 Å². The lowest BCUT2D eigenvalue weighted by Gasteiger charge is -2.08. The molecule has 1 aromatic rings. The highest BCUT2D eigenvalue weighted by Gasteiger charge is 2.06. The number of halogens is 1. The number of hydrogen-bond acceptors (Lipinski definition) is 2. The summed E-state index contributed by atoms with van der Waals surface area (Å²) >= 11 is 3.31. The molecule has 1 amide bonds. The molecule has 1 aromatic carbocycles. The van der Waals surface area contributed by atoms with Gasteiger partial charge >= 0.3 is 0 Å². The first-order valence-electron chi connectivity index (χ1n) is 5.35. The summed E-state index contributed by atoms with van der Waals surface area (Å²) in [5.41, 5.74) is 0.625. The number of nitrogens with one attached hydrogen (secondary N) is 1. The highest BCUT2D eigenvalue weighted by atomic mass is 79.9. The van der Waals surface area contributed by atoms with Crippen molar-refractivity contribution < 1.29 is 9.90 Å². The van der Waals surface area contributed by atoms with Crippen molar-refractivity contribution in [1.82, 2.24) is 5.32 Å². The molecule has 4 heteroatoms. The van der Waals surface area contributed by atoms with E-state index >= 15 is 0 Å². The second-order valence-electron chi connectivity index (χ2n) is 3.62. The van der Waals surface area contributed by atoms with Crippen LogP contribution in [0, 0.1) is 0 Å². The predicted molar refractivity (Wildman–Crippen MR) is 67.4 cm³/mol. The zero-order valence-corrected chi connectivity index (χ0v) is 10.8. The first kappa shape index (κ1) is 13.2. The number of carbonyl (C=O) groups is 1. The summed E-state index contributed by atoms with van der Waals surface area (Å²) in [4.78, 5) is 11.7. The Morgan fingerprint density at radius 2 is 2.31 bits per heavy atom. The van der Waals surface area contributed by atoms with Crippen molar-refractivity contribution in [3.63, 3.8) is 0 Å². The fourth-order valence-corrected chi connectivity index (χ4v) is 1.69. The average Bonchev–Trinajstić information content (AvgIpc) is 2.28. The quantitative estimate of drug-likeness (QED) is 0.873. The van der Waals surface area contributed by atoms with Gasteiger partial charge in [0, 0.05) is 16.6 Å². The van der Waals surface area contributed by atoms with Gasteiger partial charge in [0.25, 0.3) is 5.91 Å². The molecule has 0 fully saturated rings. The fraction of sp³-hybridized carbons (Fsp3) is 0.417. The van der Waals surface area contributed by atoms with Crippen molar-refractivity contribution in [2.45, 2.75) is 25.9 Å². The third-order valence-corrected chi connectivity index (χ3v) is 2.81.